The van der Waals surface area contributed by atoms with E-state index in [9.17, 15) is 9.18 Å². The fourth-order valence-electron chi connectivity index (χ4n) is 3.25. The number of benzene rings is 3. The smallest absolute Gasteiger partial charge is 0.240 e. The van der Waals surface area contributed by atoms with Crippen molar-refractivity contribution >= 4 is 28.5 Å². The third kappa shape index (κ3) is 4.46. The number of hydrogen-bond donors (Lipinski definition) is 1. The van der Waals surface area contributed by atoms with Crippen molar-refractivity contribution in [2.24, 2.45) is 0 Å². The molecule has 1 amide bonds. The van der Waals surface area contributed by atoms with E-state index < -0.39 is 0 Å². The Labute approximate surface area is 173 Å². The SMILES string of the molecule is O=C(Cn1c(Cc2ccccc2Cl)nc2ccccc21)NCc1ccc(F)cc1. The van der Waals surface area contributed by atoms with Crippen molar-refractivity contribution in [3.05, 3.63) is 101 Å². The summed E-state index contributed by atoms with van der Waals surface area (Å²) >= 11 is 6.32. The van der Waals surface area contributed by atoms with Crippen molar-refractivity contribution in [2.75, 3.05) is 0 Å². The lowest BCUT2D eigenvalue weighted by molar-refractivity contribution is -0.121. The molecule has 0 aliphatic carbocycles. The van der Waals surface area contributed by atoms with Crippen LogP contribution in [0, 0.1) is 5.82 Å². The highest BCUT2D eigenvalue weighted by Crippen LogP contribution is 2.22. The first-order valence-corrected chi connectivity index (χ1v) is 9.66. The van der Waals surface area contributed by atoms with Crippen molar-refractivity contribution in [3.63, 3.8) is 0 Å². The van der Waals surface area contributed by atoms with Crippen molar-refractivity contribution < 1.29 is 9.18 Å². The highest BCUT2D eigenvalue weighted by molar-refractivity contribution is 6.31. The largest absolute Gasteiger partial charge is 0.350 e. The fraction of sp³-hybridized carbons (Fsp3) is 0.130. The molecule has 0 aliphatic rings. The molecule has 4 rings (SSSR count). The summed E-state index contributed by atoms with van der Waals surface area (Å²) in [5.74, 6) is 0.336. The number of halogens is 2. The first-order chi connectivity index (χ1) is 14.1. The molecule has 0 unspecified atom stereocenters. The molecule has 0 radical (unpaired) electrons. The van der Waals surface area contributed by atoms with Crippen LogP contribution in [0.5, 0.6) is 0 Å². The first kappa shape index (κ1) is 19.2. The van der Waals surface area contributed by atoms with E-state index in [1.165, 1.54) is 12.1 Å². The summed E-state index contributed by atoms with van der Waals surface area (Å²) in [5.41, 5.74) is 3.52. The molecule has 0 spiro atoms. The quantitative estimate of drug-likeness (QED) is 0.502. The summed E-state index contributed by atoms with van der Waals surface area (Å²) < 4.78 is 14.9. The predicted molar refractivity (Wildman–Crippen MR) is 112 cm³/mol. The van der Waals surface area contributed by atoms with Crippen LogP contribution in [0.2, 0.25) is 5.02 Å². The van der Waals surface area contributed by atoms with Gasteiger partial charge in [-0.3, -0.25) is 4.79 Å². The Morgan fingerprint density at radius 1 is 1.00 bits per heavy atom. The van der Waals surface area contributed by atoms with E-state index in [2.05, 4.69) is 5.32 Å². The van der Waals surface area contributed by atoms with E-state index >= 15 is 0 Å². The molecule has 1 heterocycles. The zero-order valence-electron chi connectivity index (χ0n) is 15.6. The molecule has 0 aliphatic heterocycles. The molecule has 0 fully saturated rings. The van der Waals surface area contributed by atoms with Gasteiger partial charge in [0.15, 0.2) is 0 Å². The van der Waals surface area contributed by atoms with E-state index in [0.29, 0.717) is 18.0 Å². The molecular formula is C23H19ClFN3O. The molecule has 146 valence electrons. The summed E-state index contributed by atoms with van der Waals surface area (Å²) in [6.45, 7) is 0.479. The molecule has 4 nitrogen and oxygen atoms in total. The standard InChI is InChI=1S/C23H19ClFN3O/c24-19-6-2-1-5-17(19)13-22-27-20-7-3-4-8-21(20)28(22)15-23(29)26-14-16-9-11-18(25)12-10-16/h1-12H,13-15H2,(H,26,29). The number of carbonyl (C=O) groups excluding carboxylic acids is 1. The molecule has 29 heavy (non-hydrogen) atoms. The number of amides is 1. The molecule has 6 heteroatoms. The molecule has 1 aromatic heterocycles. The van der Waals surface area contributed by atoms with E-state index in [-0.39, 0.29) is 18.3 Å². The van der Waals surface area contributed by atoms with E-state index in [0.717, 1.165) is 28.0 Å². The fourth-order valence-corrected chi connectivity index (χ4v) is 3.45. The van der Waals surface area contributed by atoms with Crippen LogP contribution in [0.1, 0.15) is 17.0 Å². The normalized spacial score (nSPS) is 11.0. The lowest BCUT2D eigenvalue weighted by atomic mass is 10.1. The van der Waals surface area contributed by atoms with Crippen LogP contribution in [0.15, 0.2) is 72.8 Å². The molecule has 0 saturated carbocycles. The molecule has 4 aromatic rings. The summed E-state index contributed by atoms with van der Waals surface area (Å²) in [5, 5.41) is 3.56. The Hall–Kier alpha value is -3.18. The van der Waals surface area contributed by atoms with E-state index in [1.807, 2.05) is 53.1 Å². The number of rotatable bonds is 6. The van der Waals surface area contributed by atoms with Gasteiger partial charge in [-0.25, -0.2) is 9.37 Å². The number of para-hydroxylation sites is 2. The monoisotopic (exact) mass is 407 g/mol. The zero-order chi connectivity index (χ0) is 20.2. The molecule has 1 N–H and O–H groups in total. The second-order valence-corrected chi connectivity index (χ2v) is 7.18. The molecule has 0 atom stereocenters. The van der Waals surface area contributed by atoms with Crippen LogP contribution < -0.4 is 5.32 Å². The third-order valence-corrected chi connectivity index (χ3v) is 5.11. The van der Waals surface area contributed by atoms with Crippen molar-refractivity contribution in [3.8, 4) is 0 Å². The summed E-state index contributed by atoms with van der Waals surface area (Å²) in [4.78, 5) is 17.3. The average molecular weight is 408 g/mol. The number of nitrogens with one attached hydrogen (secondary N) is 1. The van der Waals surface area contributed by atoms with Gasteiger partial charge in [0.05, 0.1) is 11.0 Å². The highest BCUT2D eigenvalue weighted by Gasteiger charge is 2.15. The Morgan fingerprint density at radius 3 is 2.52 bits per heavy atom. The average Bonchev–Trinajstić information content (AvgIpc) is 3.06. The Kier molecular flexibility index (Phi) is 5.58. The van der Waals surface area contributed by atoms with Crippen molar-refractivity contribution in [1.82, 2.24) is 14.9 Å². The second-order valence-electron chi connectivity index (χ2n) is 6.77. The first-order valence-electron chi connectivity index (χ1n) is 9.29. The van der Waals surface area contributed by atoms with Crippen LogP contribution in [-0.2, 0) is 24.3 Å². The minimum Gasteiger partial charge on any atom is -0.350 e. The maximum absolute atomic E-state index is 13.0. The maximum atomic E-state index is 13.0. The maximum Gasteiger partial charge on any atom is 0.240 e. The number of nitrogens with zero attached hydrogens (tertiary/aromatic N) is 2. The van der Waals surface area contributed by atoms with Gasteiger partial charge in [-0.2, -0.15) is 0 Å². The predicted octanol–water partition coefficient (Wildman–Crippen LogP) is 4.74. The Morgan fingerprint density at radius 2 is 1.72 bits per heavy atom. The van der Waals surface area contributed by atoms with Crippen LogP contribution in [0.4, 0.5) is 4.39 Å². The Balaban J connectivity index is 1.56. The third-order valence-electron chi connectivity index (χ3n) is 4.74. The summed E-state index contributed by atoms with van der Waals surface area (Å²) in [7, 11) is 0. The van der Waals surface area contributed by atoms with Gasteiger partial charge >= 0.3 is 0 Å². The van der Waals surface area contributed by atoms with Crippen LogP contribution >= 0.6 is 11.6 Å². The minimum atomic E-state index is -0.297. The number of imidazole rings is 1. The van der Waals surface area contributed by atoms with Gasteiger partial charge in [-0.1, -0.05) is 54.1 Å². The lowest BCUT2D eigenvalue weighted by Crippen LogP contribution is -2.27. The van der Waals surface area contributed by atoms with E-state index in [4.69, 9.17) is 16.6 Å². The Bertz CT molecular complexity index is 1150. The highest BCUT2D eigenvalue weighted by atomic mass is 35.5. The van der Waals surface area contributed by atoms with Gasteiger partial charge in [0, 0.05) is 18.0 Å². The number of hydrogen-bond acceptors (Lipinski definition) is 2. The van der Waals surface area contributed by atoms with Crippen LogP contribution in [0.25, 0.3) is 11.0 Å². The van der Waals surface area contributed by atoms with Gasteiger partial charge in [0.2, 0.25) is 5.91 Å². The van der Waals surface area contributed by atoms with Gasteiger partial charge in [-0.15, -0.1) is 0 Å². The second kappa shape index (κ2) is 8.45. The van der Waals surface area contributed by atoms with E-state index in [1.54, 1.807) is 12.1 Å². The van der Waals surface area contributed by atoms with Crippen LogP contribution in [0.3, 0.4) is 0 Å². The molecule has 0 bridgehead atoms. The van der Waals surface area contributed by atoms with Gasteiger partial charge in [-0.05, 0) is 41.5 Å². The number of carbonyl (C=O) groups is 1. The van der Waals surface area contributed by atoms with Crippen molar-refractivity contribution in [2.45, 2.75) is 19.5 Å². The number of fused-ring (bicyclic) bond motifs is 1. The van der Waals surface area contributed by atoms with Gasteiger partial charge in [0.1, 0.15) is 18.2 Å². The van der Waals surface area contributed by atoms with Gasteiger partial charge in [0.25, 0.3) is 0 Å². The number of aromatic nitrogens is 2. The minimum absolute atomic E-state index is 0.140. The van der Waals surface area contributed by atoms with Crippen molar-refractivity contribution in [1.29, 1.82) is 0 Å². The van der Waals surface area contributed by atoms with Gasteiger partial charge < -0.3 is 9.88 Å². The molecule has 3 aromatic carbocycles. The summed E-state index contributed by atoms with van der Waals surface area (Å²) in [6, 6.07) is 21.4. The lowest BCUT2D eigenvalue weighted by Gasteiger charge is -2.11. The topological polar surface area (TPSA) is 46.9 Å². The molecule has 0 saturated heterocycles. The zero-order valence-corrected chi connectivity index (χ0v) is 16.4. The summed E-state index contributed by atoms with van der Waals surface area (Å²) in [6.07, 6.45) is 0.527. The molecular weight excluding hydrogens is 389 g/mol. The van der Waals surface area contributed by atoms with Crippen LogP contribution in [-0.4, -0.2) is 15.5 Å².